The first kappa shape index (κ1) is 24.4. The number of carbonyl (C=O) groups excluding carboxylic acids is 1. The van der Waals surface area contributed by atoms with Gasteiger partial charge in [-0.3, -0.25) is 4.79 Å². The zero-order chi connectivity index (χ0) is 25.9. The van der Waals surface area contributed by atoms with Crippen molar-refractivity contribution in [1.82, 2.24) is 14.5 Å². The van der Waals surface area contributed by atoms with Gasteiger partial charge in [0.2, 0.25) is 5.75 Å². The summed E-state index contributed by atoms with van der Waals surface area (Å²) < 4.78 is 23.9. The Bertz CT molecular complexity index is 1460. The van der Waals surface area contributed by atoms with Crippen LogP contribution < -0.4 is 19.8 Å². The second-order valence-electron chi connectivity index (χ2n) is 9.00. The highest BCUT2D eigenvalue weighted by atomic mass is 16.5. The van der Waals surface area contributed by atoms with Crippen molar-refractivity contribution in [1.29, 1.82) is 0 Å². The van der Waals surface area contributed by atoms with Crippen LogP contribution in [0.2, 0.25) is 0 Å². The number of fused-ring (bicyclic) bond motifs is 1. The number of rotatable bonds is 7. The third-order valence-corrected chi connectivity index (χ3v) is 6.84. The number of piperidine rings is 1. The second-order valence-corrected chi connectivity index (χ2v) is 9.00. The van der Waals surface area contributed by atoms with Gasteiger partial charge < -0.3 is 28.1 Å². The molecule has 0 aliphatic carbocycles. The maximum absolute atomic E-state index is 13.1. The first-order valence-electron chi connectivity index (χ1n) is 12.1. The lowest BCUT2D eigenvalue weighted by molar-refractivity contribution is 0.0706. The number of nitrogens with zero attached hydrogens (tertiary/aromatic N) is 3. The molecule has 3 heterocycles. The van der Waals surface area contributed by atoms with E-state index in [0.29, 0.717) is 42.5 Å². The minimum atomic E-state index is -0.605. The van der Waals surface area contributed by atoms with Crippen LogP contribution in [0.3, 0.4) is 0 Å². The third kappa shape index (κ3) is 4.76. The summed E-state index contributed by atoms with van der Waals surface area (Å²) in [4.78, 5) is 32.0. The molecule has 0 saturated carbocycles. The van der Waals surface area contributed by atoms with Gasteiger partial charge in [-0.05, 0) is 42.7 Å². The Labute approximate surface area is 214 Å². The van der Waals surface area contributed by atoms with E-state index in [1.807, 2.05) is 30.5 Å². The number of hydrogen-bond donors (Lipinski definition) is 0. The average molecular weight is 504 g/mol. The SMILES string of the molecule is COc1cc(Cn2ccnc2C2CCN(C(=O)c3cc4ccccc4oc3=O)CC2)cc(OC)c1OC. The number of aromatic nitrogens is 2. The van der Waals surface area contributed by atoms with Crippen LogP contribution in [0.25, 0.3) is 11.0 Å². The van der Waals surface area contributed by atoms with Gasteiger partial charge >= 0.3 is 5.63 Å². The van der Waals surface area contributed by atoms with Crippen molar-refractivity contribution in [3.8, 4) is 17.2 Å². The molecule has 1 aliphatic heterocycles. The fraction of sp³-hybridized carbons (Fsp3) is 0.321. The molecular formula is C28H29N3O6. The Balaban J connectivity index is 1.30. The largest absolute Gasteiger partial charge is 0.493 e. The zero-order valence-electron chi connectivity index (χ0n) is 21.1. The number of para-hydroxylation sites is 1. The van der Waals surface area contributed by atoms with Gasteiger partial charge in [0.25, 0.3) is 5.91 Å². The highest BCUT2D eigenvalue weighted by Gasteiger charge is 2.29. The average Bonchev–Trinajstić information content (AvgIpc) is 3.39. The maximum atomic E-state index is 13.1. The predicted octanol–water partition coefficient (Wildman–Crippen LogP) is 4.08. The minimum absolute atomic E-state index is 0.0704. The van der Waals surface area contributed by atoms with Gasteiger partial charge in [-0.1, -0.05) is 18.2 Å². The smallest absolute Gasteiger partial charge is 0.349 e. The summed E-state index contributed by atoms with van der Waals surface area (Å²) in [6, 6.07) is 12.7. The van der Waals surface area contributed by atoms with Crippen molar-refractivity contribution in [3.05, 3.63) is 82.2 Å². The molecule has 192 valence electrons. The Kier molecular flexibility index (Phi) is 6.85. The molecule has 0 atom stereocenters. The summed E-state index contributed by atoms with van der Waals surface area (Å²) in [6.45, 7) is 1.66. The van der Waals surface area contributed by atoms with E-state index in [0.717, 1.165) is 29.6 Å². The lowest BCUT2D eigenvalue weighted by Crippen LogP contribution is -2.40. The number of benzene rings is 2. The molecular weight excluding hydrogens is 474 g/mol. The number of imidazole rings is 1. The van der Waals surface area contributed by atoms with E-state index in [1.54, 1.807) is 50.6 Å². The van der Waals surface area contributed by atoms with Crippen LogP contribution in [0.5, 0.6) is 17.2 Å². The molecule has 2 aromatic carbocycles. The van der Waals surface area contributed by atoms with Crippen LogP contribution in [0, 0.1) is 0 Å². The second kappa shape index (κ2) is 10.4. The fourth-order valence-electron chi connectivity index (χ4n) is 4.96. The summed E-state index contributed by atoms with van der Waals surface area (Å²) in [5, 5.41) is 0.731. The van der Waals surface area contributed by atoms with E-state index in [2.05, 4.69) is 9.55 Å². The van der Waals surface area contributed by atoms with Gasteiger partial charge in [0.15, 0.2) is 11.5 Å². The van der Waals surface area contributed by atoms with Gasteiger partial charge in [-0.25, -0.2) is 9.78 Å². The van der Waals surface area contributed by atoms with E-state index >= 15 is 0 Å². The molecule has 0 radical (unpaired) electrons. The third-order valence-electron chi connectivity index (χ3n) is 6.84. The van der Waals surface area contributed by atoms with E-state index in [4.69, 9.17) is 18.6 Å². The molecule has 0 N–H and O–H groups in total. The molecule has 1 fully saturated rings. The molecule has 2 aromatic heterocycles. The summed E-state index contributed by atoms with van der Waals surface area (Å²) in [6.07, 6.45) is 5.25. The zero-order valence-corrected chi connectivity index (χ0v) is 21.1. The van der Waals surface area contributed by atoms with Crippen molar-refractivity contribution >= 4 is 16.9 Å². The molecule has 1 saturated heterocycles. The van der Waals surface area contributed by atoms with Crippen LogP contribution in [0.1, 0.15) is 40.5 Å². The molecule has 1 amide bonds. The minimum Gasteiger partial charge on any atom is -0.493 e. The number of ether oxygens (including phenoxy) is 3. The van der Waals surface area contributed by atoms with E-state index in [1.165, 1.54) is 0 Å². The predicted molar refractivity (Wildman–Crippen MR) is 138 cm³/mol. The molecule has 1 aliphatic rings. The number of hydrogen-bond acceptors (Lipinski definition) is 7. The fourth-order valence-corrected chi connectivity index (χ4v) is 4.96. The quantitative estimate of drug-likeness (QED) is 0.351. The maximum Gasteiger partial charge on any atom is 0.349 e. The van der Waals surface area contributed by atoms with E-state index in [-0.39, 0.29) is 17.4 Å². The highest BCUT2D eigenvalue weighted by molar-refractivity contribution is 5.96. The van der Waals surface area contributed by atoms with Crippen LogP contribution >= 0.6 is 0 Å². The molecule has 9 nitrogen and oxygen atoms in total. The van der Waals surface area contributed by atoms with Gasteiger partial charge in [-0.2, -0.15) is 0 Å². The van der Waals surface area contributed by atoms with Crippen LogP contribution in [0.4, 0.5) is 0 Å². The van der Waals surface area contributed by atoms with Crippen molar-refractivity contribution in [2.24, 2.45) is 0 Å². The Morgan fingerprint density at radius 2 is 1.73 bits per heavy atom. The Hall–Kier alpha value is -4.27. The molecule has 0 spiro atoms. The van der Waals surface area contributed by atoms with Gasteiger partial charge in [-0.15, -0.1) is 0 Å². The Morgan fingerprint density at radius 3 is 2.41 bits per heavy atom. The van der Waals surface area contributed by atoms with Crippen molar-refractivity contribution in [2.45, 2.75) is 25.3 Å². The molecule has 9 heteroatoms. The number of likely N-dealkylation sites (tertiary alicyclic amines) is 1. The summed E-state index contributed by atoms with van der Waals surface area (Å²) in [5.74, 6) is 2.61. The first-order chi connectivity index (χ1) is 18.0. The first-order valence-corrected chi connectivity index (χ1v) is 12.1. The summed E-state index contributed by atoms with van der Waals surface area (Å²) in [7, 11) is 4.78. The molecule has 0 bridgehead atoms. The summed E-state index contributed by atoms with van der Waals surface area (Å²) >= 11 is 0. The van der Waals surface area contributed by atoms with E-state index in [9.17, 15) is 9.59 Å². The van der Waals surface area contributed by atoms with Crippen molar-refractivity contribution < 1.29 is 23.4 Å². The van der Waals surface area contributed by atoms with Crippen molar-refractivity contribution in [3.63, 3.8) is 0 Å². The normalized spacial score (nSPS) is 14.1. The molecule has 5 rings (SSSR count). The molecule has 0 unspecified atom stereocenters. The topological polar surface area (TPSA) is 96.0 Å². The van der Waals surface area contributed by atoms with Gasteiger partial charge in [0, 0.05) is 43.3 Å². The number of methoxy groups -OCH3 is 3. The van der Waals surface area contributed by atoms with Crippen LogP contribution in [0.15, 0.2) is 64.1 Å². The monoisotopic (exact) mass is 503 g/mol. The standard InChI is InChI=1S/C28H29N3O6/c1-34-23-14-18(15-24(35-2)25(23)36-3)17-31-13-10-29-26(31)19-8-11-30(12-9-19)27(32)21-16-20-6-4-5-7-22(20)37-28(21)33/h4-7,10,13-16,19H,8-9,11-12,17H2,1-3H3. The van der Waals surface area contributed by atoms with Gasteiger partial charge in [0.05, 0.1) is 21.3 Å². The van der Waals surface area contributed by atoms with Gasteiger partial charge in [0.1, 0.15) is 17.0 Å². The lowest BCUT2D eigenvalue weighted by Gasteiger charge is -2.31. The lowest BCUT2D eigenvalue weighted by atomic mass is 9.95. The Morgan fingerprint density at radius 1 is 1.03 bits per heavy atom. The molecule has 37 heavy (non-hydrogen) atoms. The van der Waals surface area contributed by atoms with Crippen LogP contribution in [-0.2, 0) is 6.54 Å². The number of amides is 1. The van der Waals surface area contributed by atoms with Crippen LogP contribution in [-0.4, -0.2) is 54.8 Å². The van der Waals surface area contributed by atoms with E-state index < -0.39 is 5.63 Å². The molecule has 4 aromatic rings. The summed E-state index contributed by atoms with van der Waals surface area (Å²) in [5.41, 5.74) is 0.929. The number of carbonyl (C=O) groups is 1. The van der Waals surface area contributed by atoms with Crippen molar-refractivity contribution in [2.75, 3.05) is 34.4 Å². The highest BCUT2D eigenvalue weighted by Crippen LogP contribution is 2.38.